The van der Waals surface area contributed by atoms with Crippen molar-refractivity contribution in [2.45, 2.75) is 70.1 Å². The zero-order valence-electron chi connectivity index (χ0n) is 13.5. The maximum absolute atomic E-state index is 11.3. The molecule has 0 radical (unpaired) electrons. The summed E-state index contributed by atoms with van der Waals surface area (Å²) in [7, 11) is 0. The number of nitrogens with zero attached hydrogens (tertiary/aromatic N) is 1. The minimum atomic E-state index is -0.661. The minimum Gasteiger partial charge on any atom is -0.385 e. The molecular weight excluding hydrogens is 258 g/mol. The first-order chi connectivity index (χ1) is 10.1. The van der Waals surface area contributed by atoms with E-state index in [1.54, 1.807) is 0 Å². The molecule has 1 N–H and O–H groups in total. The second-order valence-corrected chi connectivity index (χ2v) is 7.23. The first kappa shape index (κ1) is 15.1. The van der Waals surface area contributed by atoms with E-state index in [0.29, 0.717) is 6.04 Å². The van der Waals surface area contributed by atoms with Gasteiger partial charge < -0.3 is 5.11 Å². The molecule has 3 rings (SSSR count). The van der Waals surface area contributed by atoms with Crippen LogP contribution >= 0.6 is 0 Å². The highest BCUT2D eigenvalue weighted by atomic mass is 16.3. The molecule has 21 heavy (non-hydrogen) atoms. The van der Waals surface area contributed by atoms with Crippen molar-refractivity contribution in [3.63, 3.8) is 0 Å². The fourth-order valence-corrected chi connectivity index (χ4v) is 4.47. The van der Waals surface area contributed by atoms with Crippen LogP contribution in [0.3, 0.4) is 0 Å². The van der Waals surface area contributed by atoms with Gasteiger partial charge in [-0.25, -0.2) is 0 Å². The molecule has 3 atom stereocenters. The summed E-state index contributed by atoms with van der Waals surface area (Å²) in [6, 6.07) is 11.5. The molecule has 1 aliphatic carbocycles. The van der Waals surface area contributed by atoms with Crippen molar-refractivity contribution in [1.82, 2.24) is 4.90 Å². The van der Waals surface area contributed by atoms with E-state index in [0.717, 1.165) is 24.6 Å². The van der Waals surface area contributed by atoms with Crippen molar-refractivity contribution < 1.29 is 5.11 Å². The third-order valence-corrected chi connectivity index (χ3v) is 5.79. The highest BCUT2D eigenvalue weighted by Gasteiger charge is 2.44. The van der Waals surface area contributed by atoms with E-state index in [1.165, 1.54) is 32.1 Å². The lowest BCUT2D eigenvalue weighted by Gasteiger charge is -2.50. The van der Waals surface area contributed by atoms with E-state index in [4.69, 9.17) is 0 Å². The molecule has 0 amide bonds. The summed E-state index contributed by atoms with van der Waals surface area (Å²) in [5.74, 6) is 0.290. The zero-order chi connectivity index (χ0) is 14.9. The Hall–Kier alpha value is -0.860. The average molecular weight is 287 g/mol. The Balaban J connectivity index is 1.77. The molecule has 1 saturated heterocycles. The molecule has 2 aliphatic rings. The summed E-state index contributed by atoms with van der Waals surface area (Å²) in [5.41, 5.74) is 0.430. The van der Waals surface area contributed by atoms with Crippen LogP contribution in [0.25, 0.3) is 0 Å². The number of hydrogen-bond acceptors (Lipinski definition) is 2. The van der Waals surface area contributed by atoms with Crippen LogP contribution in [-0.2, 0) is 5.60 Å². The molecule has 1 aliphatic heterocycles. The van der Waals surface area contributed by atoms with E-state index in [2.05, 4.69) is 30.9 Å². The van der Waals surface area contributed by atoms with Crippen LogP contribution < -0.4 is 0 Å². The topological polar surface area (TPSA) is 23.5 Å². The van der Waals surface area contributed by atoms with Gasteiger partial charge in [0.25, 0.3) is 0 Å². The normalized spacial score (nSPS) is 35.8. The van der Waals surface area contributed by atoms with Crippen molar-refractivity contribution in [2.24, 2.45) is 5.92 Å². The molecule has 2 nitrogen and oxygen atoms in total. The maximum atomic E-state index is 11.3. The third kappa shape index (κ3) is 2.89. The van der Waals surface area contributed by atoms with Crippen LogP contribution in [0.15, 0.2) is 30.3 Å². The van der Waals surface area contributed by atoms with Gasteiger partial charge in [-0.1, -0.05) is 56.5 Å². The van der Waals surface area contributed by atoms with Crippen molar-refractivity contribution >= 4 is 0 Å². The van der Waals surface area contributed by atoms with Crippen molar-refractivity contribution in [3.8, 4) is 0 Å². The van der Waals surface area contributed by atoms with Gasteiger partial charge in [0.15, 0.2) is 0 Å². The van der Waals surface area contributed by atoms with E-state index >= 15 is 0 Å². The smallest absolute Gasteiger partial charge is 0.0948 e. The Morgan fingerprint density at radius 3 is 2.38 bits per heavy atom. The Labute approximate surface area is 129 Å². The van der Waals surface area contributed by atoms with Crippen LogP contribution in [0.1, 0.15) is 57.9 Å². The van der Waals surface area contributed by atoms with Gasteiger partial charge in [0.05, 0.1) is 5.60 Å². The Bertz CT molecular complexity index is 454. The largest absolute Gasteiger partial charge is 0.385 e. The maximum Gasteiger partial charge on any atom is 0.0948 e. The number of piperidine rings is 1. The van der Waals surface area contributed by atoms with Gasteiger partial charge in [-0.3, -0.25) is 4.90 Å². The van der Waals surface area contributed by atoms with Crippen molar-refractivity contribution in [1.29, 1.82) is 0 Å². The van der Waals surface area contributed by atoms with Crippen LogP contribution in [0.5, 0.6) is 0 Å². The van der Waals surface area contributed by atoms with E-state index in [1.807, 2.05) is 18.2 Å². The van der Waals surface area contributed by atoms with Gasteiger partial charge in [0, 0.05) is 24.5 Å². The predicted molar refractivity (Wildman–Crippen MR) is 87.2 cm³/mol. The highest BCUT2D eigenvalue weighted by molar-refractivity contribution is 5.24. The van der Waals surface area contributed by atoms with Crippen LogP contribution in [0.4, 0.5) is 0 Å². The first-order valence-corrected chi connectivity index (χ1v) is 8.65. The molecule has 3 unspecified atom stereocenters. The van der Waals surface area contributed by atoms with Crippen molar-refractivity contribution in [2.75, 3.05) is 6.54 Å². The monoisotopic (exact) mass is 287 g/mol. The first-order valence-electron chi connectivity index (χ1n) is 8.65. The third-order valence-electron chi connectivity index (χ3n) is 5.79. The second kappa shape index (κ2) is 6.10. The van der Waals surface area contributed by atoms with Gasteiger partial charge in [0.1, 0.15) is 0 Å². The van der Waals surface area contributed by atoms with E-state index < -0.39 is 5.60 Å². The van der Waals surface area contributed by atoms with Crippen LogP contribution in [0, 0.1) is 5.92 Å². The summed E-state index contributed by atoms with van der Waals surface area (Å²) in [5, 5.41) is 11.3. The summed E-state index contributed by atoms with van der Waals surface area (Å²) >= 11 is 0. The standard InChI is InChI=1S/C19H29NO/c1-15-14-20(18-11-7-4-8-12-18)16(2)13-19(15,21)17-9-5-3-6-10-17/h3,5-6,9-10,15-16,18,21H,4,7-8,11-14H2,1-2H3. The molecule has 2 heteroatoms. The molecule has 1 heterocycles. The minimum absolute atomic E-state index is 0.290. The van der Waals surface area contributed by atoms with E-state index in [-0.39, 0.29) is 5.92 Å². The predicted octanol–water partition coefficient (Wildman–Crippen LogP) is 3.94. The molecule has 0 aromatic heterocycles. The molecule has 116 valence electrons. The van der Waals surface area contributed by atoms with Gasteiger partial charge in [-0.15, -0.1) is 0 Å². The Morgan fingerprint density at radius 2 is 1.71 bits per heavy atom. The second-order valence-electron chi connectivity index (χ2n) is 7.23. The fraction of sp³-hybridized carbons (Fsp3) is 0.684. The lowest BCUT2D eigenvalue weighted by atomic mass is 9.73. The number of hydrogen-bond donors (Lipinski definition) is 1. The Kier molecular flexibility index (Phi) is 4.37. The van der Waals surface area contributed by atoms with Crippen LogP contribution in [-0.4, -0.2) is 28.6 Å². The number of benzene rings is 1. The zero-order valence-corrected chi connectivity index (χ0v) is 13.5. The summed E-state index contributed by atoms with van der Waals surface area (Å²) in [6.45, 7) is 5.54. The molecule has 1 aromatic carbocycles. The van der Waals surface area contributed by atoms with E-state index in [9.17, 15) is 5.11 Å². The lowest BCUT2D eigenvalue weighted by molar-refractivity contribution is -0.104. The molecule has 1 aromatic rings. The van der Waals surface area contributed by atoms with Gasteiger partial charge >= 0.3 is 0 Å². The Morgan fingerprint density at radius 1 is 1.05 bits per heavy atom. The van der Waals surface area contributed by atoms with Gasteiger partial charge in [-0.2, -0.15) is 0 Å². The average Bonchev–Trinajstić information content (AvgIpc) is 2.52. The number of rotatable bonds is 2. The highest BCUT2D eigenvalue weighted by Crippen LogP contribution is 2.41. The molecule has 0 spiro atoms. The van der Waals surface area contributed by atoms with Crippen molar-refractivity contribution in [3.05, 3.63) is 35.9 Å². The summed E-state index contributed by atoms with van der Waals surface area (Å²) in [6.07, 6.45) is 7.72. The quantitative estimate of drug-likeness (QED) is 0.890. The van der Waals surface area contributed by atoms with Crippen LogP contribution in [0.2, 0.25) is 0 Å². The SMILES string of the molecule is CC1CC(O)(c2ccccc2)C(C)CN1C1CCCCC1. The fourth-order valence-electron chi connectivity index (χ4n) is 4.47. The summed E-state index contributed by atoms with van der Waals surface area (Å²) in [4.78, 5) is 2.68. The molecule has 2 fully saturated rings. The number of aliphatic hydroxyl groups is 1. The summed E-state index contributed by atoms with van der Waals surface area (Å²) < 4.78 is 0. The van der Waals surface area contributed by atoms with Gasteiger partial charge in [0.2, 0.25) is 0 Å². The molecular formula is C19H29NO. The lowest BCUT2D eigenvalue weighted by Crippen LogP contribution is -2.56. The molecule has 0 bridgehead atoms. The van der Waals surface area contributed by atoms with Gasteiger partial charge in [-0.05, 0) is 31.7 Å². The number of likely N-dealkylation sites (tertiary alicyclic amines) is 1. The molecule has 1 saturated carbocycles.